The maximum atomic E-state index is 12.6. The third kappa shape index (κ3) is 5.12. The summed E-state index contributed by atoms with van der Waals surface area (Å²) in [6.07, 6.45) is 1.83. The number of amides is 1. The van der Waals surface area contributed by atoms with E-state index in [0.717, 1.165) is 36.7 Å². The number of carbonyl (C=O) groups is 1. The molecule has 0 aliphatic carbocycles. The van der Waals surface area contributed by atoms with Crippen molar-refractivity contribution in [3.63, 3.8) is 0 Å². The molecule has 1 aromatic carbocycles. The summed E-state index contributed by atoms with van der Waals surface area (Å²) < 4.78 is 11.0. The lowest BCUT2D eigenvalue weighted by atomic mass is 9.97. The summed E-state index contributed by atoms with van der Waals surface area (Å²) in [6, 6.07) is 9.44. The van der Waals surface area contributed by atoms with Crippen molar-refractivity contribution in [1.82, 2.24) is 15.3 Å². The number of nitrogens with one attached hydrogen (secondary N) is 1. The standard InChI is InChI=1S/C21H28N4O3/c1-15-13-16(2)24-21(23-15)25-11-6-7-17(14-25)20(26)22-10-12-28-19-9-5-4-8-18(19)27-3/h4-5,8-9,13,17H,6-7,10-12,14H2,1-3H3,(H,22,26)/t17-/m1/s1. The molecule has 0 unspecified atom stereocenters. The first-order valence-electron chi connectivity index (χ1n) is 9.67. The van der Waals surface area contributed by atoms with Crippen LogP contribution < -0.4 is 19.7 Å². The van der Waals surface area contributed by atoms with E-state index in [1.165, 1.54) is 0 Å². The summed E-state index contributed by atoms with van der Waals surface area (Å²) in [7, 11) is 1.61. The zero-order valence-electron chi connectivity index (χ0n) is 16.8. The lowest BCUT2D eigenvalue weighted by Gasteiger charge is -2.32. The van der Waals surface area contributed by atoms with E-state index in [1.807, 2.05) is 44.2 Å². The van der Waals surface area contributed by atoms with Crippen molar-refractivity contribution in [1.29, 1.82) is 0 Å². The lowest BCUT2D eigenvalue weighted by molar-refractivity contribution is -0.125. The van der Waals surface area contributed by atoms with E-state index in [4.69, 9.17) is 9.47 Å². The number of hydrogen-bond donors (Lipinski definition) is 1. The normalized spacial score (nSPS) is 16.5. The van der Waals surface area contributed by atoms with Crippen molar-refractivity contribution in [3.05, 3.63) is 41.7 Å². The topological polar surface area (TPSA) is 76.6 Å². The second-order valence-electron chi connectivity index (χ2n) is 7.03. The van der Waals surface area contributed by atoms with E-state index in [-0.39, 0.29) is 11.8 Å². The van der Waals surface area contributed by atoms with Crippen molar-refractivity contribution in [2.24, 2.45) is 5.92 Å². The number of aryl methyl sites for hydroxylation is 2. The van der Waals surface area contributed by atoms with E-state index in [2.05, 4.69) is 20.2 Å². The highest BCUT2D eigenvalue weighted by atomic mass is 16.5. The average molecular weight is 384 g/mol. The minimum absolute atomic E-state index is 0.0534. The van der Waals surface area contributed by atoms with Gasteiger partial charge in [0.1, 0.15) is 6.61 Å². The smallest absolute Gasteiger partial charge is 0.225 e. The van der Waals surface area contributed by atoms with Gasteiger partial charge in [0.25, 0.3) is 0 Å². The number of aromatic nitrogens is 2. The summed E-state index contributed by atoms with van der Waals surface area (Å²) >= 11 is 0. The number of piperidine rings is 1. The fourth-order valence-electron chi connectivity index (χ4n) is 3.44. The van der Waals surface area contributed by atoms with Gasteiger partial charge in [-0.3, -0.25) is 4.79 Å². The molecule has 2 heterocycles. The second-order valence-corrected chi connectivity index (χ2v) is 7.03. The van der Waals surface area contributed by atoms with Crippen LogP contribution in [-0.4, -0.2) is 49.2 Å². The van der Waals surface area contributed by atoms with Crippen LogP contribution in [0.5, 0.6) is 11.5 Å². The molecular formula is C21H28N4O3. The molecule has 0 bridgehead atoms. The average Bonchev–Trinajstić information content (AvgIpc) is 2.70. The molecule has 7 nitrogen and oxygen atoms in total. The van der Waals surface area contributed by atoms with Crippen LogP contribution in [-0.2, 0) is 4.79 Å². The Hall–Kier alpha value is -2.83. The van der Waals surface area contributed by atoms with Gasteiger partial charge in [-0.15, -0.1) is 0 Å². The lowest BCUT2D eigenvalue weighted by Crippen LogP contribution is -2.44. The molecule has 2 aromatic rings. The highest BCUT2D eigenvalue weighted by Gasteiger charge is 2.27. The largest absolute Gasteiger partial charge is 0.493 e. The number of ether oxygens (including phenoxy) is 2. The fourth-order valence-corrected chi connectivity index (χ4v) is 3.44. The first kappa shape index (κ1) is 19.9. The van der Waals surface area contributed by atoms with Crippen molar-refractivity contribution >= 4 is 11.9 Å². The molecule has 0 spiro atoms. The van der Waals surface area contributed by atoms with Gasteiger partial charge < -0.3 is 19.7 Å². The number of anilines is 1. The Balaban J connectivity index is 1.49. The van der Waals surface area contributed by atoms with Crippen LogP contribution in [0.4, 0.5) is 5.95 Å². The molecule has 1 aliphatic rings. The van der Waals surface area contributed by atoms with Gasteiger partial charge in [-0.1, -0.05) is 12.1 Å². The Morgan fingerprint density at radius 1 is 1.21 bits per heavy atom. The number of hydrogen-bond acceptors (Lipinski definition) is 6. The fraction of sp³-hybridized carbons (Fsp3) is 0.476. The summed E-state index contributed by atoms with van der Waals surface area (Å²) in [5.74, 6) is 2.07. The van der Waals surface area contributed by atoms with Gasteiger partial charge in [-0.25, -0.2) is 9.97 Å². The molecule has 1 aromatic heterocycles. The van der Waals surface area contributed by atoms with E-state index < -0.39 is 0 Å². The van der Waals surface area contributed by atoms with Gasteiger partial charge in [-0.2, -0.15) is 0 Å². The third-order valence-electron chi connectivity index (χ3n) is 4.77. The summed E-state index contributed by atoms with van der Waals surface area (Å²) in [5, 5.41) is 2.98. The van der Waals surface area contributed by atoms with Crippen molar-refractivity contribution in [3.8, 4) is 11.5 Å². The van der Waals surface area contributed by atoms with Gasteiger partial charge in [0.05, 0.1) is 19.6 Å². The molecule has 1 atom stereocenters. The molecular weight excluding hydrogens is 356 g/mol. The molecule has 1 aliphatic heterocycles. The van der Waals surface area contributed by atoms with E-state index in [0.29, 0.717) is 31.2 Å². The van der Waals surface area contributed by atoms with Gasteiger partial charge in [0.15, 0.2) is 11.5 Å². The SMILES string of the molecule is COc1ccccc1OCCNC(=O)[C@@H]1CCCN(c2nc(C)cc(C)n2)C1. The van der Waals surface area contributed by atoms with E-state index in [9.17, 15) is 4.79 Å². The number of benzene rings is 1. The van der Waals surface area contributed by atoms with Crippen molar-refractivity contribution in [2.75, 3.05) is 38.3 Å². The highest BCUT2D eigenvalue weighted by Crippen LogP contribution is 2.25. The molecule has 150 valence electrons. The molecule has 1 saturated heterocycles. The van der Waals surface area contributed by atoms with E-state index in [1.54, 1.807) is 7.11 Å². The number of carbonyl (C=O) groups excluding carboxylic acids is 1. The summed E-state index contributed by atoms with van der Waals surface area (Å²) in [6.45, 7) is 6.30. The molecule has 0 saturated carbocycles. The Bertz CT molecular complexity index is 792. The maximum absolute atomic E-state index is 12.6. The van der Waals surface area contributed by atoms with Gasteiger partial charge >= 0.3 is 0 Å². The molecule has 1 fully saturated rings. The Labute approximate surface area is 166 Å². The quantitative estimate of drug-likeness (QED) is 0.739. The molecule has 28 heavy (non-hydrogen) atoms. The minimum atomic E-state index is -0.0653. The minimum Gasteiger partial charge on any atom is -0.493 e. The number of rotatable bonds is 7. The monoisotopic (exact) mass is 384 g/mol. The maximum Gasteiger partial charge on any atom is 0.225 e. The molecule has 0 radical (unpaired) electrons. The Morgan fingerprint density at radius 3 is 2.64 bits per heavy atom. The predicted molar refractivity (Wildman–Crippen MR) is 108 cm³/mol. The number of nitrogens with zero attached hydrogens (tertiary/aromatic N) is 3. The number of methoxy groups -OCH3 is 1. The first-order chi connectivity index (χ1) is 13.6. The van der Waals surface area contributed by atoms with E-state index >= 15 is 0 Å². The zero-order valence-corrected chi connectivity index (χ0v) is 16.8. The highest BCUT2D eigenvalue weighted by molar-refractivity contribution is 5.79. The van der Waals surface area contributed by atoms with Gasteiger partial charge in [0.2, 0.25) is 11.9 Å². The van der Waals surface area contributed by atoms with Crippen LogP contribution in [0.1, 0.15) is 24.2 Å². The van der Waals surface area contributed by atoms with Crippen LogP contribution in [0, 0.1) is 19.8 Å². The predicted octanol–water partition coefficient (Wildman–Crippen LogP) is 2.51. The molecule has 7 heteroatoms. The van der Waals surface area contributed by atoms with Gasteiger partial charge in [0, 0.05) is 24.5 Å². The number of para-hydroxylation sites is 2. The molecule has 3 rings (SSSR count). The summed E-state index contributed by atoms with van der Waals surface area (Å²) in [4.78, 5) is 23.8. The van der Waals surface area contributed by atoms with Crippen LogP contribution in [0.2, 0.25) is 0 Å². The van der Waals surface area contributed by atoms with Crippen LogP contribution in [0.15, 0.2) is 30.3 Å². The van der Waals surface area contributed by atoms with Gasteiger partial charge in [-0.05, 0) is 44.9 Å². The Morgan fingerprint density at radius 2 is 1.93 bits per heavy atom. The zero-order chi connectivity index (χ0) is 19.9. The van der Waals surface area contributed by atoms with Crippen LogP contribution in [0.3, 0.4) is 0 Å². The molecule has 1 N–H and O–H groups in total. The van der Waals surface area contributed by atoms with Crippen molar-refractivity contribution < 1.29 is 14.3 Å². The van der Waals surface area contributed by atoms with Crippen molar-refractivity contribution in [2.45, 2.75) is 26.7 Å². The summed E-state index contributed by atoms with van der Waals surface area (Å²) in [5.41, 5.74) is 1.89. The Kier molecular flexibility index (Phi) is 6.68. The van der Waals surface area contributed by atoms with Crippen LogP contribution >= 0.6 is 0 Å². The first-order valence-corrected chi connectivity index (χ1v) is 9.67. The van der Waals surface area contributed by atoms with Crippen LogP contribution in [0.25, 0.3) is 0 Å². The molecule has 1 amide bonds. The second kappa shape index (κ2) is 9.39. The third-order valence-corrected chi connectivity index (χ3v) is 4.77.